The summed E-state index contributed by atoms with van der Waals surface area (Å²) in [7, 11) is 0. The van der Waals surface area contributed by atoms with Crippen molar-refractivity contribution in [1.29, 1.82) is 0 Å². The molecule has 0 aromatic heterocycles. The first-order valence-electron chi connectivity index (χ1n) is 8.34. The van der Waals surface area contributed by atoms with E-state index >= 15 is 0 Å². The maximum Gasteiger partial charge on any atom is 0.331 e. The molecular weight excluding hydrogens is 332 g/mol. The minimum Gasteiger partial charge on any atom is -0.454 e. The van der Waals surface area contributed by atoms with Crippen molar-refractivity contribution in [3.63, 3.8) is 0 Å². The lowest BCUT2D eigenvalue weighted by molar-refractivity contribution is -0.140. The van der Waals surface area contributed by atoms with Gasteiger partial charge in [-0.2, -0.15) is 0 Å². The van der Waals surface area contributed by atoms with E-state index in [1.54, 1.807) is 25.1 Å². The van der Waals surface area contributed by atoms with Crippen molar-refractivity contribution >= 4 is 17.8 Å². The van der Waals surface area contributed by atoms with Crippen molar-refractivity contribution in [2.24, 2.45) is 0 Å². The lowest BCUT2D eigenvalue weighted by Gasteiger charge is -2.13. The third-order valence-corrected chi connectivity index (χ3v) is 4.13. The minimum absolute atomic E-state index is 0.197. The molecule has 1 heterocycles. The summed E-state index contributed by atoms with van der Waals surface area (Å²) < 4.78 is 15.8. The second kappa shape index (κ2) is 7.44. The van der Waals surface area contributed by atoms with E-state index in [9.17, 15) is 9.59 Å². The summed E-state index contributed by atoms with van der Waals surface area (Å²) in [6.07, 6.45) is 2.05. The van der Waals surface area contributed by atoms with E-state index in [1.165, 1.54) is 6.08 Å². The van der Waals surface area contributed by atoms with E-state index in [2.05, 4.69) is 0 Å². The molecule has 3 rings (SSSR count). The number of carbonyl (C=O) groups is 2. The van der Waals surface area contributed by atoms with Crippen LogP contribution in [0.3, 0.4) is 0 Å². The fourth-order valence-corrected chi connectivity index (χ4v) is 2.67. The summed E-state index contributed by atoms with van der Waals surface area (Å²) in [5.41, 5.74) is 3.20. The van der Waals surface area contributed by atoms with E-state index in [0.717, 1.165) is 16.7 Å². The molecule has 0 saturated carbocycles. The number of rotatable bonds is 5. The monoisotopic (exact) mass is 352 g/mol. The lowest BCUT2D eigenvalue weighted by Crippen LogP contribution is -2.24. The van der Waals surface area contributed by atoms with Crippen molar-refractivity contribution in [3.8, 4) is 11.5 Å². The summed E-state index contributed by atoms with van der Waals surface area (Å²) in [6, 6.07) is 11.0. The Bertz CT molecular complexity index is 882. The van der Waals surface area contributed by atoms with E-state index in [-0.39, 0.29) is 12.6 Å². The molecule has 0 N–H and O–H groups in total. The van der Waals surface area contributed by atoms with Crippen LogP contribution >= 0.6 is 0 Å². The standard InChI is InChI=1S/C21H20O5/c1-13-4-5-14(2)17(10-13)21(23)15(3)26-20(22)9-7-16-6-8-18-19(11-16)25-12-24-18/h4-11,15H,12H2,1-3H3/b9-7+/t15-/m0/s1. The molecule has 0 spiro atoms. The number of benzene rings is 2. The molecule has 1 aliphatic heterocycles. The maximum atomic E-state index is 12.5. The van der Waals surface area contributed by atoms with Crippen LogP contribution in [0, 0.1) is 13.8 Å². The predicted octanol–water partition coefficient (Wildman–Crippen LogP) is 3.86. The van der Waals surface area contributed by atoms with Crippen molar-refractivity contribution in [2.75, 3.05) is 6.79 Å². The van der Waals surface area contributed by atoms with Crippen molar-refractivity contribution in [2.45, 2.75) is 26.9 Å². The molecule has 134 valence electrons. The average molecular weight is 352 g/mol. The zero-order valence-corrected chi connectivity index (χ0v) is 14.9. The van der Waals surface area contributed by atoms with Gasteiger partial charge in [0.1, 0.15) is 0 Å². The van der Waals surface area contributed by atoms with Crippen LogP contribution in [0.15, 0.2) is 42.5 Å². The third kappa shape index (κ3) is 3.94. The number of ketones is 1. The van der Waals surface area contributed by atoms with E-state index in [4.69, 9.17) is 14.2 Å². The van der Waals surface area contributed by atoms with Crippen LogP contribution < -0.4 is 9.47 Å². The molecule has 0 bridgehead atoms. The van der Waals surface area contributed by atoms with Gasteiger partial charge in [0, 0.05) is 11.6 Å². The van der Waals surface area contributed by atoms with Gasteiger partial charge in [0.25, 0.3) is 0 Å². The average Bonchev–Trinajstić information content (AvgIpc) is 3.09. The minimum atomic E-state index is -0.857. The molecular formula is C21H20O5. The van der Waals surface area contributed by atoms with Gasteiger partial charge in [-0.1, -0.05) is 23.8 Å². The Morgan fingerprint density at radius 3 is 2.65 bits per heavy atom. The third-order valence-electron chi connectivity index (χ3n) is 4.13. The summed E-state index contributed by atoms with van der Waals surface area (Å²) in [5.74, 6) is 0.529. The van der Waals surface area contributed by atoms with Crippen molar-refractivity contribution in [1.82, 2.24) is 0 Å². The van der Waals surface area contributed by atoms with Crippen LogP contribution in [0.1, 0.15) is 34.0 Å². The van der Waals surface area contributed by atoms with Gasteiger partial charge in [-0.3, -0.25) is 4.79 Å². The number of ether oxygens (including phenoxy) is 3. The normalized spacial score (nSPS) is 13.7. The highest BCUT2D eigenvalue weighted by atomic mass is 16.7. The van der Waals surface area contributed by atoms with Crippen LogP contribution in [-0.4, -0.2) is 24.6 Å². The van der Waals surface area contributed by atoms with Crippen molar-refractivity contribution < 1.29 is 23.8 Å². The molecule has 0 fully saturated rings. The van der Waals surface area contributed by atoms with Gasteiger partial charge in [0.15, 0.2) is 17.6 Å². The zero-order chi connectivity index (χ0) is 18.7. The summed E-state index contributed by atoms with van der Waals surface area (Å²) in [4.78, 5) is 24.6. The summed E-state index contributed by atoms with van der Waals surface area (Å²) in [5, 5.41) is 0. The lowest BCUT2D eigenvalue weighted by atomic mass is 9.99. The number of carbonyl (C=O) groups excluding carboxylic acids is 2. The molecule has 5 heteroatoms. The quantitative estimate of drug-likeness (QED) is 0.464. The van der Waals surface area contributed by atoms with Gasteiger partial charge >= 0.3 is 5.97 Å². The number of Topliss-reactive ketones (excluding diaryl/α,β-unsaturated/α-hetero) is 1. The molecule has 1 atom stereocenters. The molecule has 5 nitrogen and oxygen atoms in total. The molecule has 0 aliphatic carbocycles. The number of hydrogen-bond acceptors (Lipinski definition) is 5. The Morgan fingerprint density at radius 1 is 1.08 bits per heavy atom. The zero-order valence-electron chi connectivity index (χ0n) is 14.9. The first-order valence-corrected chi connectivity index (χ1v) is 8.34. The highest BCUT2D eigenvalue weighted by molar-refractivity contribution is 6.02. The fourth-order valence-electron chi connectivity index (χ4n) is 2.67. The Hall–Kier alpha value is -3.08. The molecule has 0 amide bonds. The smallest absolute Gasteiger partial charge is 0.331 e. The summed E-state index contributed by atoms with van der Waals surface area (Å²) >= 11 is 0. The predicted molar refractivity (Wildman–Crippen MR) is 97.4 cm³/mol. The molecule has 0 saturated heterocycles. The molecule has 0 unspecified atom stereocenters. The van der Waals surface area contributed by atoms with Gasteiger partial charge < -0.3 is 14.2 Å². The Kier molecular flexibility index (Phi) is 5.07. The highest BCUT2D eigenvalue weighted by Crippen LogP contribution is 2.32. The molecule has 2 aromatic rings. The van der Waals surface area contributed by atoms with Crippen LogP contribution in [-0.2, 0) is 9.53 Å². The number of esters is 1. The van der Waals surface area contributed by atoms with Gasteiger partial charge in [-0.25, -0.2) is 4.79 Å². The van der Waals surface area contributed by atoms with Crippen molar-refractivity contribution in [3.05, 3.63) is 64.7 Å². The molecule has 0 radical (unpaired) electrons. The Labute approximate surface area is 152 Å². The largest absolute Gasteiger partial charge is 0.454 e. The molecule has 2 aromatic carbocycles. The van der Waals surface area contributed by atoms with Gasteiger partial charge in [0.05, 0.1) is 0 Å². The number of fused-ring (bicyclic) bond motifs is 1. The van der Waals surface area contributed by atoms with Gasteiger partial charge in [-0.05, 0) is 56.2 Å². The number of hydrogen-bond donors (Lipinski definition) is 0. The van der Waals surface area contributed by atoms with Crippen LogP contribution in [0.4, 0.5) is 0 Å². The first kappa shape index (κ1) is 17.7. The van der Waals surface area contributed by atoms with Gasteiger partial charge in [0.2, 0.25) is 12.6 Å². The SMILES string of the molecule is Cc1ccc(C)c(C(=O)[C@H](C)OC(=O)/C=C/c2ccc3c(c2)OCO3)c1. The maximum absolute atomic E-state index is 12.5. The van der Waals surface area contributed by atoms with E-state index in [0.29, 0.717) is 17.1 Å². The van der Waals surface area contributed by atoms with Crippen LogP contribution in [0.25, 0.3) is 6.08 Å². The van der Waals surface area contributed by atoms with E-state index in [1.807, 2.05) is 38.1 Å². The highest BCUT2D eigenvalue weighted by Gasteiger charge is 2.20. The second-order valence-corrected chi connectivity index (χ2v) is 6.21. The van der Waals surface area contributed by atoms with Crippen LogP contribution in [0.2, 0.25) is 0 Å². The first-order chi connectivity index (χ1) is 12.4. The summed E-state index contributed by atoms with van der Waals surface area (Å²) in [6.45, 7) is 5.56. The molecule has 26 heavy (non-hydrogen) atoms. The van der Waals surface area contributed by atoms with Gasteiger partial charge in [-0.15, -0.1) is 0 Å². The number of aryl methyl sites for hydroxylation is 2. The Balaban J connectivity index is 1.63. The van der Waals surface area contributed by atoms with Crippen LogP contribution in [0.5, 0.6) is 11.5 Å². The second-order valence-electron chi connectivity index (χ2n) is 6.21. The fraction of sp³-hybridized carbons (Fsp3) is 0.238. The topological polar surface area (TPSA) is 61.8 Å². The molecule has 1 aliphatic rings. The Morgan fingerprint density at radius 2 is 1.85 bits per heavy atom. The van der Waals surface area contributed by atoms with E-state index < -0.39 is 12.1 Å².